The first-order chi connectivity index (χ1) is 7.75. The van der Waals surface area contributed by atoms with Crippen LogP contribution in [0.15, 0.2) is 5.11 Å². The van der Waals surface area contributed by atoms with Gasteiger partial charge in [-0.2, -0.15) is 11.8 Å². The molecule has 0 aliphatic carbocycles. The van der Waals surface area contributed by atoms with Gasteiger partial charge in [0.1, 0.15) is 0 Å². The van der Waals surface area contributed by atoms with Gasteiger partial charge in [-0.25, -0.2) is 0 Å². The highest BCUT2D eigenvalue weighted by atomic mass is 32.2. The molecule has 1 rings (SSSR count). The molecular weight excluding hydrogens is 226 g/mol. The van der Waals surface area contributed by atoms with E-state index in [0.29, 0.717) is 19.0 Å². The minimum absolute atomic E-state index is 0.235. The molecule has 0 spiro atoms. The van der Waals surface area contributed by atoms with Crippen molar-refractivity contribution in [2.24, 2.45) is 16.8 Å². The molecule has 1 fully saturated rings. The number of nitrogens with two attached hydrogens (primary N) is 1. The summed E-state index contributed by atoms with van der Waals surface area (Å²) in [5.74, 6) is 2.17. The summed E-state index contributed by atoms with van der Waals surface area (Å²) in [7, 11) is 0. The van der Waals surface area contributed by atoms with E-state index in [2.05, 4.69) is 15.3 Å². The number of carbonyl (C=O) groups is 1. The van der Waals surface area contributed by atoms with Crippen LogP contribution in [0.4, 0.5) is 0 Å². The summed E-state index contributed by atoms with van der Waals surface area (Å²) >= 11 is 1.86. The normalized spacial score (nSPS) is 21.4. The number of carbonyl (C=O) groups excluding carboxylic acids is 1. The van der Waals surface area contributed by atoms with Crippen molar-refractivity contribution >= 4 is 17.7 Å². The van der Waals surface area contributed by atoms with Gasteiger partial charge in [0.25, 0.3) is 0 Å². The van der Waals surface area contributed by atoms with E-state index in [1.54, 1.807) is 0 Å². The molecule has 3 N–H and O–H groups in total. The first-order valence-electron chi connectivity index (χ1n) is 5.37. The second-order valence-electron chi connectivity index (χ2n) is 3.77. The van der Waals surface area contributed by atoms with Crippen LogP contribution in [-0.2, 0) is 4.79 Å². The van der Waals surface area contributed by atoms with Crippen molar-refractivity contribution in [3.05, 3.63) is 10.4 Å². The first kappa shape index (κ1) is 13.2. The molecule has 90 valence electrons. The topological polar surface area (TPSA) is 104 Å². The van der Waals surface area contributed by atoms with Gasteiger partial charge in [-0.15, -0.1) is 0 Å². The summed E-state index contributed by atoms with van der Waals surface area (Å²) in [6, 6.07) is -0.235. The molecule has 0 aromatic carbocycles. The maximum absolute atomic E-state index is 11.3. The van der Waals surface area contributed by atoms with Gasteiger partial charge in [-0.1, -0.05) is 5.11 Å². The Kier molecular flexibility index (Phi) is 6.07. The van der Waals surface area contributed by atoms with Crippen molar-refractivity contribution in [2.75, 3.05) is 24.6 Å². The van der Waals surface area contributed by atoms with Crippen LogP contribution in [0.1, 0.15) is 12.8 Å². The molecule has 2 atom stereocenters. The monoisotopic (exact) mass is 243 g/mol. The smallest absolute Gasteiger partial charge is 0.234 e. The molecule has 7 heteroatoms. The molecular formula is C9H17N5OS. The standard InChI is InChI=1S/C9H17N5OS/c10-9(15)8(7-2-5-16-6-7)12-3-1-4-13-14-11/h7-8,12H,1-6H2,(H2,10,15). The number of azide groups is 1. The average Bonchev–Trinajstić information content (AvgIpc) is 2.76. The Morgan fingerprint density at radius 2 is 2.56 bits per heavy atom. The number of hydrogen-bond donors (Lipinski definition) is 2. The summed E-state index contributed by atoms with van der Waals surface area (Å²) in [5.41, 5.74) is 13.5. The van der Waals surface area contributed by atoms with Crippen LogP contribution in [0.3, 0.4) is 0 Å². The third kappa shape index (κ3) is 4.30. The summed E-state index contributed by atoms with van der Waals surface area (Å²) in [4.78, 5) is 13.9. The molecule has 2 unspecified atom stereocenters. The lowest BCUT2D eigenvalue weighted by Crippen LogP contribution is -2.47. The molecule has 1 amide bonds. The van der Waals surface area contributed by atoms with Crippen LogP contribution in [-0.4, -0.2) is 36.5 Å². The van der Waals surface area contributed by atoms with Crippen LogP contribution >= 0.6 is 11.8 Å². The van der Waals surface area contributed by atoms with E-state index in [0.717, 1.165) is 24.3 Å². The lowest BCUT2D eigenvalue weighted by molar-refractivity contribution is -0.121. The van der Waals surface area contributed by atoms with E-state index in [9.17, 15) is 4.79 Å². The SMILES string of the molecule is [N-]=[N+]=NCCCNC(C(N)=O)C1CCSC1. The fourth-order valence-corrected chi connectivity index (χ4v) is 3.07. The Morgan fingerprint density at radius 1 is 1.75 bits per heavy atom. The zero-order valence-corrected chi connectivity index (χ0v) is 9.95. The third-order valence-corrected chi connectivity index (χ3v) is 3.79. The molecule has 1 saturated heterocycles. The molecule has 1 heterocycles. The van der Waals surface area contributed by atoms with Gasteiger partial charge >= 0.3 is 0 Å². The second kappa shape index (κ2) is 7.38. The molecule has 0 radical (unpaired) electrons. The minimum Gasteiger partial charge on any atom is -0.368 e. The van der Waals surface area contributed by atoms with Gasteiger partial charge in [-0.3, -0.25) is 4.79 Å². The zero-order chi connectivity index (χ0) is 11.8. The molecule has 0 saturated carbocycles. The second-order valence-corrected chi connectivity index (χ2v) is 4.92. The van der Waals surface area contributed by atoms with E-state index in [4.69, 9.17) is 11.3 Å². The van der Waals surface area contributed by atoms with E-state index in [-0.39, 0.29) is 11.9 Å². The molecule has 0 bridgehead atoms. The van der Waals surface area contributed by atoms with Crippen molar-refractivity contribution in [1.82, 2.24) is 5.32 Å². The fraction of sp³-hybridized carbons (Fsp3) is 0.889. The van der Waals surface area contributed by atoms with Gasteiger partial charge in [-0.05, 0) is 42.3 Å². The van der Waals surface area contributed by atoms with Crippen LogP contribution in [0.25, 0.3) is 10.4 Å². The van der Waals surface area contributed by atoms with Crippen molar-refractivity contribution in [1.29, 1.82) is 0 Å². The van der Waals surface area contributed by atoms with Crippen LogP contribution in [0.2, 0.25) is 0 Å². The van der Waals surface area contributed by atoms with E-state index in [1.807, 2.05) is 11.8 Å². The first-order valence-corrected chi connectivity index (χ1v) is 6.52. The Labute approximate surface area is 99.0 Å². The predicted octanol–water partition coefficient (Wildman–Crippen LogP) is 0.883. The van der Waals surface area contributed by atoms with Crippen LogP contribution < -0.4 is 11.1 Å². The Balaban J connectivity index is 2.27. The lowest BCUT2D eigenvalue weighted by atomic mass is 9.98. The summed E-state index contributed by atoms with van der Waals surface area (Å²) in [5, 5.41) is 6.58. The number of hydrogen-bond acceptors (Lipinski definition) is 4. The quantitative estimate of drug-likeness (QED) is 0.300. The highest BCUT2D eigenvalue weighted by Gasteiger charge is 2.28. The van der Waals surface area contributed by atoms with E-state index >= 15 is 0 Å². The Morgan fingerprint density at radius 3 is 3.12 bits per heavy atom. The number of rotatable bonds is 7. The van der Waals surface area contributed by atoms with Crippen LogP contribution in [0.5, 0.6) is 0 Å². The fourth-order valence-electron chi connectivity index (χ4n) is 1.77. The number of primary amides is 1. The Bertz CT molecular complexity index is 273. The maximum atomic E-state index is 11.3. The number of nitrogens with zero attached hydrogens (tertiary/aromatic N) is 3. The highest BCUT2D eigenvalue weighted by Crippen LogP contribution is 2.26. The zero-order valence-electron chi connectivity index (χ0n) is 9.13. The van der Waals surface area contributed by atoms with Gasteiger partial charge in [0.15, 0.2) is 0 Å². The van der Waals surface area contributed by atoms with Gasteiger partial charge in [0.05, 0.1) is 6.04 Å². The molecule has 16 heavy (non-hydrogen) atoms. The van der Waals surface area contributed by atoms with Gasteiger partial charge in [0.2, 0.25) is 5.91 Å². The van der Waals surface area contributed by atoms with Crippen molar-refractivity contribution in [3.63, 3.8) is 0 Å². The van der Waals surface area contributed by atoms with Gasteiger partial charge < -0.3 is 11.1 Å². The molecule has 1 aliphatic heterocycles. The maximum Gasteiger partial charge on any atom is 0.234 e. The van der Waals surface area contributed by atoms with Crippen molar-refractivity contribution < 1.29 is 4.79 Å². The number of amides is 1. The van der Waals surface area contributed by atoms with Crippen LogP contribution in [0, 0.1) is 5.92 Å². The number of thioether (sulfide) groups is 1. The van der Waals surface area contributed by atoms with E-state index in [1.165, 1.54) is 0 Å². The molecule has 1 aliphatic rings. The van der Waals surface area contributed by atoms with Crippen molar-refractivity contribution in [3.8, 4) is 0 Å². The highest BCUT2D eigenvalue weighted by molar-refractivity contribution is 7.99. The average molecular weight is 243 g/mol. The lowest BCUT2D eigenvalue weighted by Gasteiger charge is -2.20. The summed E-state index contributed by atoms with van der Waals surface area (Å²) in [6.45, 7) is 1.11. The molecule has 0 aromatic heterocycles. The summed E-state index contributed by atoms with van der Waals surface area (Å²) in [6.07, 6.45) is 1.77. The largest absolute Gasteiger partial charge is 0.368 e. The Hall–Kier alpha value is -0.910. The minimum atomic E-state index is -0.281. The van der Waals surface area contributed by atoms with Gasteiger partial charge in [0, 0.05) is 11.5 Å². The number of nitrogens with one attached hydrogen (secondary N) is 1. The van der Waals surface area contributed by atoms with E-state index < -0.39 is 0 Å². The molecule has 0 aromatic rings. The summed E-state index contributed by atoms with van der Waals surface area (Å²) < 4.78 is 0. The third-order valence-electron chi connectivity index (χ3n) is 2.61. The predicted molar refractivity (Wildman–Crippen MR) is 65.0 cm³/mol. The van der Waals surface area contributed by atoms with Crippen molar-refractivity contribution in [2.45, 2.75) is 18.9 Å². The molecule has 6 nitrogen and oxygen atoms in total.